The summed E-state index contributed by atoms with van der Waals surface area (Å²) < 4.78 is 26.3. The second kappa shape index (κ2) is 9.05. The predicted octanol–water partition coefficient (Wildman–Crippen LogP) is 0.712. The average molecular weight is 368 g/mol. The fourth-order valence-corrected chi connectivity index (χ4v) is 4.07. The van der Waals surface area contributed by atoms with Crippen LogP contribution in [-0.4, -0.2) is 70.8 Å². The van der Waals surface area contributed by atoms with Crippen molar-refractivity contribution in [1.29, 1.82) is 0 Å². The number of para-hydroxylation sites is 1. The van der Waals surface area contributed by atoms with Gasteiger partial charge in [0.15, 0.2) is 5.96 Å². The maximum atomic E-state index is 11.9. The Morgan fingerprint density at radius 1 is 1.16 bits per heavy atom. The lowest BCUT2D eigenvalue weighted by atomic mass is 10.2. The second-order valence-electron chi connectivity index (χ2n) is 6.38. The van der Waals surface area contributed by atoms with Crippen molar-refractivity contribution in [2.24, 2.45) is 4.99 Å². The first-order valence-corrected chi connectivity index (χ1v) is 10.3. The molecule has 0 saturated carbocycles. The number of aliphatic imine (C=N–C) groups is 1. The van der Waals surface area contributed by atoms with Crippen molar-refractivity contribution in [2.75, 3.05) is 50.4 Å². The standard InChI is InChI=1S/C17H29N5O2S/c1-15(2)20-25(23,24)14-9-19-17(18-3)22-12-10-21(11-13-22)16-7-5-4-6-8-16/h4-8,15,20H,9-14H2,1-3H3,(H,18,19). The first-order chi connectivity index (χ1) is 11.9. The number of nitrogens with one attached hydrogen (secondary N) is 2. The first-order valence-electron chi connectivity index (χ1n) is 8.67. The Morgan fingerprint density at radius 3 is 2.36 bits per heavy atom. The normalized spacial score (nSPS) is 16.4. The molecule has 1 heterocycles. The van der Waals surface area contributed by atoms with Crippen molar-refractivity contribution in [3.8, 4) is 0 Å². The Bertz CT molecular complexity index is 653. The van der Waals surface area contributed by atoms with Gasteiger partial charge in [0.25, 0.3) is 0 Å². The molecule has 2 N–H and O–H groups in total. The minimum absolute atomic E-state index is 0.0359. The Labute approximate surface area is 151 Å². The Balaban J connectivity index is 1.81. The number of benzene rings is 1. The lowest BCUT2D eigenvalue weighted by Crippen LogP contribution is -2.53. The van der Waals surface area contributed by atoms with Gasteiger partial charge in [-0.05, 0) is 26.0 Å². The van der Waals surface area contributed by atoms with Crippen molar-refractivity contribution >= 4 is 21.7 Å². The number of guanidine groups is 1. The van der Waals surface area contributed by atoms with Crippen molar-refractivity contribution in [1.82, 2.24) is 14.9 Å². The van der Waals surface area contributed by atoms with Gasteiger partial charge in [0.1, 0.15) is 0 Å². The minimum Gasteiger partial charge on any atom is -0.368 e. The highest BCUT2D eigenvalue weighted by Crippen LogP contribution is 2.15. The molecule has 8 heteroatoms. The summed E-state index contributed by atoms with van der Waals surface area (Å²) in [6.07, 6.45) is 0. The molecule has 0 radical (unpaired) electrons. The topological polar surface area (TPSA) is 77.0 Å². The Morgan fingerprint density at radius 2 is 1.80 bits per heavy atom. The molecule has 1 aliphatic rings. The van der Waals surface area contributed by atoms with E-state index in [2.05, 4.69) is 37.0 Å². The van der Waals surface area contributed by atoms with Gasteiger partial charge in [0.05, 0.1) is 5.75 Å². The molecule has 0 spiro atoms. The highest BCUT2D eigenvalue weighted by atomic mass is 32.2. The summed E-state index contributed by atoms with van der Waals surface area (Å²) in [6, 6.07) is 10.3. The highest BCUT2D eigenvalue weighted by molar-refractivity contribution is 7.89. The number of hydrogen-bond acceptors (Lipinski definition) is 4. The molecule has 1 fully saturated rings. The molecule has 25 heavy (non-hydrogen) atoms. The van der Waals surface area contributed by atoms with E-state index < -0.39 is 10.0 Å². The Hall–Kier alpha value is -1.80. The van der Waals surface area contributed by atoms with Gasteiger partial charge in [0, 0.05) is 51.5 Å². The third-order valence-electron chi connectivity index (χ3n) is 3.98. The summed E-state index contributed by atoms with van der Waals surface area (Å²) >= 11 is 0. The molecule has 140 valence electrons. The van der Waals surface area contributed by atoms with E-state index in [-0.39, 0.29) is 11.8 Å². The molecule has 1 aromatic rings. The zero-order valence-electron chi connectivity index (χ0n) is 15.3. The monoisotopic (exact) mass is 367 g/mol. The van der Waals surface area contributed by atoms with Gasteiger partial charge in [-0.1, -0.05) is 18.2 Å². The van der Waals surface area contributed by atoms with Crippen LogP contribution >= 0.6 is 0 Å². The van der Waals surface area contributed by atoms with Crippen molar-refractivity contribution in [3.05, 3.63) is 30.3 Å². The van der Waals surface area contributed by atoms with E-state index in [4.69, 9.17) is 0 Å². The van der Waals surface area contributed by atoms with Gasteiger partial charge < -0.3 is 15.1 Å². The van der Waals surface area contributed by atoms with Gasteiger partial charge in [0.2, 0.25) is 10.0 Å². The number of sulfonamides is 1. The molecule has 1 aromatic carbocycles. The van der Waals surface area contributed by atoms with Crippen LogP contribution < -0.4 is 14.9 Å². The average Bonchev–Trinajstić information content (AvgIpc) is 2.58. The van der Waals surface area contributed by atoms with Gasteiger partial charge in [-0.15, -0.1) is 0 Å². The van der Waals surface area contributed by atoms with E-state index in [0.717, 1.165) is 32.1 Å². The highest BCUT2D eigenvalue weighted by Gasteiger charge is 2.20. The number of piperazine rings is 1. The van der Waals surface area contributed by atoms with E-state index in [0.29, 0.717) is 6.54 Å². The van der Waals surface area contributed by atoms with E-state index in [1.165, 1.54) is 5.69 Å². The number of rotatable bonds is 6. The zero-order valence-corrected chi connectivity index (χ0v) is 16.1. The molecule has 2 rings (SSSR count). The van der Waals surface area contributed by atoms with E-state index in [1.807, 2.05) is 32.0 Å². The number of hydrogen-bond donors (Lipinski definition) is 2. The molecule has 0 amide bonds. The molecule has 0 unspecified atom stereocenters. The van der Waals surface area contributed by atoms with Crippen LogP contribution in [0.5, 0.6) is 0 Å². The minimum atomic E-state index is -3.25. The summed E-state index contributed by atoms with van der Waals surface area (Å²) in [4.78, 5) is 8.80. The van der Waals surface area contributed by atoms with Crippen LogP contribution in [0.3, 0.4) is 0 Å². The predicted molar refractivity (Wildman–Crippen MR) is 104 cm³/mol. The quantitative estimate of drug-likeness (QED) is 0.572. The lowest BCUT2D eigenvalue weighted by molar-refractivity contribution is 0.373. The van der Waals surface area contributed by atoms with Crippen LogP contribution in [-0.2, 0) is 10.0 Å². The third-order valence-corrected chi connectivity index (χ3v) is 5.55. The van der Waals surface area contributed by atoms with Crippen LogP contribution in [0.1, 0.15) is 13.8 Å². The van der Waals surface area contributed by atoms with Gasteiger partial charge in [-0.25, -0.2) is 13.1 Å². The Kier molecular flexibility index (Phi) is 7.07. The van der Waals surface area contributed by atoms with Crippen LogP contribution in [0.15, 0.2) is 35.3 Å². The zero-order chi connectivity index (χ0) is 18.3. The molecular weight excluding hydrogens is 338 g/mol. The number of nitrogens with zero attached hydrogens (tertiary/aromatic N) is 3. The summed E-state index contributed by atoms with van der Waals surface area (Å²) in [5.74, 6) is 0.793. The van der Waals surface area contributed by atoms with Crippen LogP contribution in [0.4, 0.5) is 5.69 Å². The van der Waals surface area contributed by atoms with Crippen LogP contribution in [0, 0.1) is 0 Å². The summed E-state index contributed by atoms with van der Waals surface area (Å²) in [7, 11) is -1.53. The van der Waals surface area contributed by atoms with Crippen molar-refractivity contribution < 1.29 is 8.42 Å². The van der Waals surface area contributed by atoms with Gasteiger partial charge in [-0.2, -0.15) is 0 Å². The molecule has 1 saturated heterocycles. The second-order valence-corrected chi connectivity index (χ2v) is 8.25. The van der Waals surface area contributed by atoms with Gasteiger partial charge in [-0.3, -0.25) is 4.99 Å². The van der Waals surface area contributed by atoms with E-state index in [9.17, 15) is 8.42 Å². The van der Waals surface area contributed by atoms with Crippen LogP contribution in [0.2, 0.25) is 0 Å². The van der Waals surface area contributed by atoms with Crippen molar-refractivity contribution in [2.45, 2.75) is 19.9 Å². The smallest absolute Gasteiger partial charge is 0.213 e. The fourth-order valence-electron chi connectivity index (χ4n) is 2.86. The molecule has 0 aliphatic carbocycles. The maximum absolute atomic E-state index is 11.9. The molecular formula is C17H29N5O2S. The first kappa shape index (κ1) is 19.5. The maximum Gasteiger partial charge on any atom is 0.213 e. The van der Waals surface area contributed by atoms with E-state index in [1.54, 1.807) is 7.05 Å². The summed E-state index contributed by atoms with van der Waals surface area (Å²) in [5, 5.41) is 3.16. The molecule has 7 nitrogen and oxygen atoms in total. The molecule has 0 aromatic heterocycles. The fraction of sp³-hybridized carbons (Fsp3) is 0.588. The SMILES string of the molecule is CN=C(NCCS(=O)(=O)NC(C)C)N1CCN(c2ccccc2)CC1. The van der Waals surface area contributed by atoms with Gasteiger partial charge >= 0.3 is 0 Å². The van der Waals surface area contributed by atoms with Crippen molar-refractivity contribution in [3.63, 3.8) is 0 Å². The molecule has 0 atom stereocenters. The lowest BCUT2D eigenvalue weighted by Gasteiger charge is -2.37. The van der Waals surface area contributed by atoms with Crippen LogP contribution in [0.25, 0.3) is 0 Å². The van der Waals surface area contributed by atoms with E-state index >= 15 is 0 Å². The summed E-state index contributed by atoms with van der Waals surface area (Å²) in [5.41, 5.74) is 1.23. The molecule has 1 aliphatic heterocycles. The summed E-state index contributed by atoms with van der Waals surface area (Å²) in [6.45, 7) is 7.51. The molecule has 0 bridgehead atoms. The largest absolute Gasteiger partial charge is 0.368 e. The third kappa shape index (κ3) is 6.21. The number of anilines is 1.